The molecule has 0 aliphatic heterocycles. The summed E-state index contributed by atoms with van der Waals surface area (Å²) in [5.41, 5.74) is 0.315. The van der Waals surface area contributed by atoms with Crippen molar-refractivity contribution < 1.29 is 24.2 Å². The molecule has 21 heavy (non-hydrogen) atoms. The lowest BCUT2D eigenvalue weighted by molar-refractivity contribution is -0.138. The van der Waals surface area contributed by atoms with Gasteiger partial charge in [-0.1, -0.05) is 6.07 Å². The third kappa shape index (κ3) is 4.98. The molecule has 1 unspecified atom stereocenters. The van der Waals surface area contributed by atoms with Gasteiger partial charge in [0.25, 0.3) is 0 Å². The second-order valence-electron chi connectivity index (χ2n) is 5.65. The molecule has 1 rings (SSSR count). The number of hydrogen-bond donors (Lipinski definition) is 2. The molecule has 2 N–H and O–H groups in total. The van der Waals surface area contributed by atoms with Gasteiger partial charge < -0.3 is 14.6 Å². The zero-order valence-corrected chi connectivity index (χ0v) is 12.9. The van der Waals surface area contributed by atoms with Gasteiger partial charge in [-0.3, -0.25) is 10.1 Å². The summed E-state index contributed by atoms with van der Waals surface area (Å²) in [6.07, 6.45) is -0.624. The monoisotopic (exact) mass is 295 g/mol. The normalized spacial score (nSPS) is 12.4. The Balaban J connectivity index is 3.01. The molecule has 0 aromatic heterocycles. The summed E-state index contributed by atoms with van der Waals surface area (Å²) >= 11 is 0. The molecule has 1 aromatic carbocycles. The number of carbonyl (C=O) groups is 2. The van der Waals surface area contributed by atoms with Crippen molar-refractivity contribution in [3.63, 3.8) is 0 Å². The van der Waals surface area contributed by atoms with Crippen LogP contribution in [0.1, 0.15) is 39.2 Å². The number of methoxy groups -OCH3 is 1. The van der Waals surface area contributed by atoms with Gasteiger partial charge >= 0.3 is 12.1 Å². The predicted octanol–water partition coefficient (Wildman–Crippen LogP) is 3.23. The van der Waals surface area contributed by atoms with Crippen LogP contribution in [0.5, 0.6) is 5.75 Å². The Kier molecular flexibility index (Phi) is 5.18. The summed E-state index contributed by atoms with van der Waals surface area (Å²) < 4.78 is 10.3. The molecule has 1 atom stereocenters. The van der Waals surface area contributed by atoms with E-state index in [4.69, 9.17) is 14.6 Å². The van der Waals surface area contributed by atoms with Crippen LogP contribution in [-0.2, 0) is 9.53 Å². The van der Waals surface area contributed by atoms with E-state index in [0.717, 1.165) is 0 Å². The zero-order valence-electron chi connectivity index (χ0n) is 12.9. The van der Waals surface area contributed by atoms with Gasteiger partial charge in [-0.15, -0.1) is 0 Å². The van der Waals surface area contributed by atoms with Crippen molar-refractivity contribution in [1.29, 1.82) is 0 Å². The summed E-state index contributed by atoms with van der Waals surface area (Å²) in [6.45, 7) is 6.84. The molecule has 6 nitrogen and oxygen atoms in total. The maximum Gasteiger partial charge on any atom is 0.412 e. The topological polar surface area (TPSA) is 84.9 Å². The summed E-state index contributed by atoms with van der Waals surface area (Å²) in [5.74, 6) is -1.19. The second-order valence-corrected chi connectivity index (χ2v) is 5.65. The van der Waals surface area contributed by atoms with E-state index in [9.17, 15) is 9.59 Å². The Hall–Kier alpha value is -2.24. The highest BCUT2D eigenvalue weighted by molar-refractivity contribution is 5.87. The maximum atomic E-state index is 11.8. The number of ether oxygens (including phenoxy) is 2. The highest BCUT2D eigenvalue weighted by Crippen LogP contribution is 2.29. The number of amides is 1. The molecule has 0 bridgehead atoms. The van der Waals surface area contributed by atoms with E-state index >= 15 is 0 Å². The van der Waals surface area contributed by atoms with Crippen molar-refractivity contribution in [2.75, 3.05) is 12.4 Å². The fourth-order valence-electron chi connectivity index (χ4n) is 1.65. The van der Waals surface area contributed by atoms with Crippen LogP contribution in [0.3, 0.4) is 0 Å². The first-order valence-corrected chi connectivity index (χ1v) is 6.55. The lowest BCUT2D eigenvalue weighted by Crippen LogP contribution is -2.27. The Morgan fingerprint density at radius 2 is 1.90 bits per heavy atom. The number of anilines is 1. The molecule has 0 spiro atoms. The van der Waals surface area contributed by atoms with Crippen molar-refractivity contribution in [2.45, 2.75) is 39.2 Å². The number of carbonyl (C=O) groups excluding carboxylic acids is 1. The molecule has 6 heteroatoms. The van der Waals surface area contributed by atoms with Crippen molar-refractivity contribution in [1.82, 2.24) is 0 Å². The van der Waals surface area contributed by atoms with Crippen LogP contribution >= 0.6 is 0 Å². The summed E-state index contributed by atoms with van der Waals surface area (Å²) in [7, 11) is 1.47. The third-order valence-corrected chi connectivity index (χ3v) is 2.73. The van der Waals surface area contributed by atoms with Gasteiger partial charge in [-0.2, -0.15) is 0 Å². The Morgan fingerprint density at radius 1 is 1.29 bits per heavy atom. The SMILES string of the molecule is COc1ccc(C(C)C(=O)O)cc1NC(=O)OC(C)(C)C. The van der Waals surface area contributed by atoms with Gasteiger partial charge in [0.1, 0.15) is 11.4 Å². The molecular weight excluding hydrogens is 274 g/mol. The van der Waals surface area contributed by atoms with E-state index in [1.54, 1.807) is 45.9 Å². The Bertz CT molecular complexity index is 533. The number of hydrogen-bond acceptors (Lipinski definition) is 4. The molecule has 0 saturated carbocycles. The molecule has 0 saturated heterocycles. The van der Waals surface area contributed by atoms with E-state index in [1.807, 2.05) is 0 Å². The second kappa shape index (κ2) is 6.47. The van der Waals surface area contributed by atoms with Gasteiger partial charge in [0.05, 0.1) is 18.7 Å². The summed E-state index contributed by atoms with van der Waals surface area (Å²) in [6, 6.07) is 4.83. The van der Waals surface area contributed by atoms with Crippen molar-refractivity contribution in [3.05, 3.63) is 23.8 Å². The largest absolute Gasteiger partial charge is 0.495 e. The van der Waals surface area contributed by atoms with Crippen LogP contribution in [0.4, 0.5) is 10.5 Å². The lowest BCUT2D eigenvalue weighted by Gasteiger charge is -2.20. The highest BCUT2D eigenvalue weighted by Gasteiger charge is 2.19. The molecule has 0 radical (unpaired) electrons. The number of nitrogens with one attached hydrogen (secondary N) is 1. The van der Waals surface area contributed by atoms with Crippen molar-refractivity contribution in [2.24, 2.45) is 0 Å². The summed E-state index contributed by atoms with van der Waals surface area (Å²) in [4.78, 5) is 22.8. The van der Waals surface area contributed by atoms with Gasteiger partial charge in [-0.25, -0.2) is 4.79 Å². The first kappa shape index (κ1) is 16.8. The standard InChI is InChI=1S/C15H21NO5/c1-9(13(17)18)10-6-7-12(20-5)11(8-10)16-14(19)21-15(2,3)4/h6-9H,1-5H3,(H,16,19)(H,17,18). The zero-order chi connectivity index (χ0) is 16.2. The lowest BCUT2D eigenvalue weighted by atomic mass is 10.0. The maximum absolute atomic E-state index is 11.8. The number of aliphatic carboxylic acids is 1. The Morgan fingerprint density at radius 3 is 2.38 bits per heavy atom. The highest BCUT2D eigenvalue weighted by atomic mass is 16.6. The average Bonchev–Trinajstić information content (AvgIpc) is 2.35. The van der Waals surface area contributed by atoms with E-state index in [1.165, 1.54) is 7.11 Å². The van der Waals surface area contributed by atoms with Gasteiger partial charge in [0, 0.05) is 0 Å². The number of carboxylic acids is 1. The van der Waals surface area contributed by atoms with E-state index in [-0.39, 0.29) is 0 Å². The molecule has 0 heterocycles. The van der Waals surface area contributed by atoms with Gasteiger partial charge in [0.15, 0.2) is 0 Å². The number of rotatable bonds is 4. The van der Waals surface area contributed by atoms with Crippen LogP contribution < -0.4 is 10.1 Å². The molecule has 116 valence electrons. The van der Waals surface area contributed by atoms with Crippen molar-refractivity contribution >= 4 is 17.7 Å². The minimum absolute atomic E-state index is 0.373. The first-order valence-electron chi connectivity index (χ1n) is 6.55. The van der Waals surface area contributed by atoms with Gasteiger partial charge in [0.2, 0.25) is 0 Å². The minimum Gasteiger partial charge on any atom is -0.495 e. The third-order valence-electron chi connectivity index (χ3n) is 2.73. The number of benzene rings is 1. The fourth-order valence-corrected chi connectivity index (χ4v) is 1.65. The summed E-state index contributed by atoms with van der Waals surface area (Å²) in [5, 5.41) is 11.6. The number of carboxylic acid groups (broad SMARTS) is 1. The molecule has 1 aromatic rings. The first-order chi connectivity index (χ1) is 9.64. The van der Waals surface area contributed by atoms with Crippen LogP contribution in [0.25, 0.3) is 0 Å². The Labute approximate surface area is 124 Å². The molecular formula is C15H21NO5. The van der Waals surface area contributed by atoms with Crippen LogP contribution in [0.2, 0.25) is 0 Å². The molecule has 0 fully saturated rings. The van der Waals surface area contributed by atoms with Crippen LogP contribution in [0.15, 0.2) is 18.2 Å². The van der Waals surface area contributed by atoms with Crippen LogP contribution in [-0.4, -0.2) is 29.9 Å². The van der Waals surface area contributed by atoms with Gasteiger partial charge in [-0.05, 0) is 45.4 Å². The quantitative estimate of drug-likeness (QED) is 0.890. The van der Waals surface area contributed by atoms with E-state index < -0.39 is 23.6 Å². The minimum atomic E-state index is -0.941. The molecule has 1 amide bonds. The van der Waals surface area contributed by atoms with Crippen molar-refractivity contribution in [3.8, 4) is 5.75 Å². The smallest absolute Gasteiger partial charge is 0.412 e. The molecule has 0 aliphatic carbocycles. The average molecular weight is 295 g/mol. The predicted molar refractivity (Wildman–Crippen MR) is 78.9 cm³/mol. The molecule has 0 aliphatic rings. The van der Waals surface area contributed by atoms with E-state index in [2.05, 4.69) is 5.32 Å². The van der Waals surface area contributed by atoms with E-state index in [0.29, 0.717) is 17.0 Å². The fraction of sp³-hybridized carbons (Fsp3) is 0.467. The van der Waals surface area contributed by atoms with Crippen LogP contribution in [0, 0.1) is 0 Å².